The molecule has 0 saturated carbocycles. The van der Waals surface area contributed by atoms with E-state index in [0.717, 1.165) is 0 Å². The molecule has 0 aromatic heterocycles. The molecule has 0 unspecified atom stereocenters. The third-order valence-electron chi connectivity index (χ3n) is 0. The average Bonchev–Trinajstić information content (AvgIpc) is 0.722. The summed E-state index contributed by atoms with van der Waals surface area (Å²) in [5.41, 5.74) is 0. The average molecular weight is 187 g/mol. The van der Waals surface area contributed by atoms with Crippen molar-refractivity contribution in [3.8, 4) is 0 Å². The van der Waals surface area contributed by atoms with E-state index in [1.165, 1.54) is 0 Å². The topological polar surface area (TPSA) is 77.8 Å². The van der Waals surface area contributed by atoms with Gasteiger partial charge >= 0.3 is 49.7 Å². The van der Waals surface area contributed by atoms with E-state index in [0.29, 0.717) is 0 Å². The van der Waals surface area contributed by atoms with Crippen LogP contribution in [0.3, 0.4) is 0 Å². The van der Waals surface area contributed by atoms with E-state index in [1.54, 1.807) is 0 Å². The molecule has 8 heavy (non-hydrogen) atoms. The number of phosphoric acid groups is 1. The van der Waals surface area contributed by atoms with Crippen LogP contribution in [0.1, 0.15) is 4.28 Å². The summed E-state index contributed by atoms with van der Waals surface area (Å²) in [6, 6.07) is 0. The van der Waals surface area contributed by atoms with Crippen molar-refractivity contribution in [2.45, 2.75) is 0 Å². The minimum absolute atomic E-state index is 0. The van der Waals surface area contributed by atoms with Crippen LogP contribution in [-0.4, -0.2) is 37.7 Å². The third-order valence-corrected chi connectivity index (χ3v) is 0. The van der Waals surface area contributed by atoms with Crippen LogP contribution in [0.2, 0.25) is 0 Å². The van der Waals surface area contributed by atoms with Crippen molar-refractivity contribution in [2.24, 2.45) is 0 Å². The molecule has 0 fully saturated rings. The second kappa shape index (κ2) is 8.99. The molecule has 0 heterocycles. The molecule has 1 radical (unpaired) electrons. The van der Waals surface area contributed by atoms with Crippen LogP contribution in [0.25, 0.3) is 0 Å². The molecule has 3 N–H and O–H groups in total. The summed E-state index contributed by atoms with van der Waals surface area (Å²) in [7, 11) is -4.64. The molecule has 0 amide bonds. The zero-order chi connectivity index (χ0) is 4.50. The Labute approximate surface area is 89.9 Å². The molecule has 0 aliphatic rings. The maximum atomic E-state index is 8.88. The summed E-state index contributed by atoms with van der Waals surface area (Å²) >= 11 is 0. The van der Waals surface area contributed by atoms with Gasteiger partial charge in [0, 0.05) is 17.1 Å². The molecule has 0 bridgehead atoms. The van der Waals surface area contributed by atoms with Crippen LogP contribution >= 0.6 is 7.82 Å². The molecular formula is H6LiMgMnO4P. The largest absolute Gasteiger partial charge is 2.00 e. The van der Waals surface area contributed by atoms with Crippen molar-refractivity contribution < 1.29 is 59.5 Å². The van der Waals surface area contributed by atoms with Crippen molar-refractivity contribution in [1.29, 1.82) is 0 Å². The zero-order valence-electron chi connectivity index (χ0n) is 7.28. The number of hydrogen-bond donors (Lipinski definition) is 3. The molecule has 4 nitrogen and oxygen atoms in total. The standard InChI is InChI=1S/Li.Mg.Mn.H3O4P.3H/c;;;1-5(2,3)4;;;/h;;;(H3,1,2,3,4);;;/q+1;+2;;;3*-1. The second-order valence-corrected chi connectivity index (χ2v) is 1.54. The number of hydrogen-bond acceptors (Lipinski definition) is 1. The Balaban J connectivity index is -0.00000000533. The van der Waals surface area contributed by atoms with Crippen molar-refractivity contribution in [1.82, 2.24) is 0 Å². The molecular weight excluding hydrogens is 181 g/mol. The van der Waals surface area contributed by atoms with Crippen LogP contribution in [0.5, 0.6) is 0 Å². The molecule has 0 aromatic rings. The van der Waals surface area contributed by atoms with Crippen LogP contribution < -0.4 is 18.9 Å². The monoisotopic (exact) mass is 187 g/mol. The minimum atomic E-state index is -4.64. The summed E-state index contributed by atoms with van der Waals surface area (Å²) in [5, 5.41) is 0. The fourth-order valence-corrected chi connectivity index (χ4v) is 0. The maximum Gasteiger partial charge on any atom is 2.00 e. The number of rotatable bonds is 0. The molecule has 0 spiro atoms. The normalized spacial score (nSPS) is 7.38. The Kier molecular flexibility index (Phi) is 25.3. The van der Waals surface area contributed by atoms with Gasteiger partial charge in [-0.25, -0.2) is 4.57 Å². The first kappa shape index (κ1) is 22.5. The van der Waals surface area contributed by atoms with Gasteiger partial charge in [-0.15, -0.1) is 0 Å². The fourth-order valence-electron chi connectivity index (χ4n) is 0. The molecule has 0 atom stereocenters. The van der Waals surface area contributed by atoms with E-state index < -0.39 is 7.82 Å². The molecule has 45 valence electrons. The van der Waals surface area contributed by atoms with Gasteiger partial charge in [-0.3, -0.25) is 0 Å². The van der Waals surface area contributed by atoms with Gasteiger partial charge in [-0.1, -0.05) is 0 Å². The predicted octanol–water partition coefficient (Wildman–Crippen LogP) is -3.97. The molecule has 0 rings (SSSR count). The van der Waals surface area contributed by atoms with E-state index in [-0.39, 0.29) is 63.3 Å². The summed E-state index contributed by atoms with van der Waals surface area (Å²) in [4.78, 5) is 21.6. The van der Waals surface area contributed by atoms with Gasteiger partial charge in [0.2, 0.25) is 0 Å². The van der Waals surface area contributed by atoms with E-state index in [2.05, 4.69) is 0 Å². The molecule has 0 aromatic carbocycles. The van der Waals surface area contributed by atoms with E-state index in [1.807, 2.05) is 0 Å². The summed E-state index contributed by atoms with van der Waals surface area (Å²) in [5.74, 6) is 0. The first-order chi connectivity index (χ1) is 2.00. The Morgan fingerprint density at radius 3 is 1.25 bits per heavy atom. The Morgan fingerprint density at radius 2 is 1.25 bits per heavy atom. The van der Waals surface area contributed by atoms with Crippen molar-refractivity contribution in [2.75, 3.05) is 0 Å². The smallest absolute Gasteiger partial charge is 1.00 e. The Hall–Kier alpha value is 1.99. The van der Waals surface area contributed by atoms with Gasteiger partial charge in [0.25, 0.3) is 0 Å². The van der Waals surface area contributed by atoms with Gasteiger partial charge in [0.1, 0.15) is 0 Å². The SMILES string of the molecule is O=P(O)(O)O.[H-].[H-].[H-].[Li+].[Mg+2].[Mn]. The Bertz CT molecular complexity index is 71.5. The summed E-state index contributed by atoms with van der Waals surface area (Å²) in [6.07, 6.45) is 0. The second-order valence-electron chi connectivity index (χ2n) is 0.513. The van der Waals surface area contributed by atoms with Gasteiger partial charge in [0.05, 0.1) is 0 Å². The van der Waals surface area contributed by atoms with Gasteiger partial charge < -0.3 is 19.0 Å². The van der Waals surface area contributed by atoms with Crippen molar-refractivity contribution >= 4 is 30.9 Å². The molecule has 0 saturated heterocycles. The van der Waals surface area contributed by atoms with Crippen LogP contribution in [0.15, 0.2) is 0 Å². The molecule has 0 aliphatic heterocycles. The fraction of sp³-hybridized carbons (Fsp3) is 0. The van der Waals surface area contributed by atoms with Crippen LogP contribution in [-0.2, 0) is 21.6 Å². The first-order valence-corrected chi connectivity index (χ1v) is 2.35. The summed E-state index contributed by atoms with van der Waals surface area (Å²) < 4.78 is 8.88. The van der Waals surface area contributed by atoms with Crippen LogP contribution in [0, 0.1) is 0 Å². The van der Waals surface area contributed by atoms with Gasteiger partial charge in [-0.2, -0.15) is 0 Å². The zero-order valence-corrected chi connectivity index (χ0v) is 7.77. The first-order valence-electron chi connectivity index (χ1n) is 0.783. The van der Waals surface area contributed by atoms with E-state index in [9.17, 15) is 0 Å². The minimum Gasteiger partial charge on any atom is -1.00 e. The molecule has 8 heteroatoms. The van der Waals surface area contributed by atoms with Crippen molar-refractivity contribution in [3.63, 3.8) is 0 Å². The summed E-state index contributed by atoms with van der Waals surface area (Å²) in [6.45, 7) is 0. The van der Waals surface area contributed by atoms with E-state index in [4.69, 9.17) is 19.2 Å². The predicted molar refractivity (Wildman–Crippen MR) is 23.4 cm³/mol. The Morgan fingerprint density at radius 1 is 1.25 bits per heavy atom. The van der Waals surface area contributed by atoms with Gasteiger partial charge in [-0.05, 0) is 0 Å². The van der Waals surface area contributed by atoms with E-state index >= 15 is 0 Å². The van der Waals surface area contributed by atoms with Crippen molar-refractivity contribution in [3.05, 3.63) is 0 Å². The van der Waals surface area contributed by atoms with Crippen LogP contribution in [0.4, 0.5) is 0 Å². The molecule has 0 aliphatic carbocycles. The van der Waals surface area contributed by atoms with Gasteiger partial charge in [0.15, 0.2) is 0 Å². The maximum absolute atomic E-state index is 8.88. The quantitative estimate of drug-likeness (QED) is 0.267. The third kappa shape index (κ3) is 98.4.